The summed E-state index contributed by atoms with van der Waals surface area (Å²) in [6.45, 7) is 0. The minimum atomic E-state index is 1.10. The van der Waals surface area contributed by atoms with Crippen molar-refractivity contribution < 1.29 is 0 Å². The molecule has 0 aliphatic rings. The third-order valence-electron chi connectivity index (χ3n) is 10.3. The molecule has 0 amide bonds. The van der Waals surface area contributed by atoms with Gasteiger partial charge in [0.15, 0.2) is 0 Å². The average molecular weight is 702 g/mol. The van der Waals surface area contributed by atoms with Gasteiger partial charge < -0.3 is 4.90 Å². The molecule has 0 atom stereocenters. The lowest BCUT2D eigenvalue weighted by molar-refractivity contribution is 1.28. The lowest BCUT2D eigenvalue weighted by Crippen LogP contribution is -2.11. The molecule has 0 unspecified atom stereocenters. The fourth-order valence-electron chi connectivity index (χ4n) is 7.59. The van der Waals surface area contributed by atoms with E-state index in [-0.39, 0.29) is 0 Å². The molecule has 9 rings (SSSR count). The first-order chi connectivity index (χ1) is 27.3. The molecule has 9 aromatic carbocycles. The number of hydrogen-bond acceptors (Lipinski definition) is 1. The van der Waals surface area contributed by atoms with E-state index in [0.29, 0.717) is 0 Å². The van der Waals surface area contributed by atoms with Gasteiger partial charge in [0.1, 0.15) is 0 Å². The molecule has 55 heavy (non-hydrogen) atoms. The maximum Gasteiger partial charge on any atom is 0.0540 e. The van der Waals surface area contributed by atoms with Crippen LogP contribution in [0.1, 0.15) is 0 Å². The van der Waals surface area contributed by atoms with Crippen molar-refractivity contribution in [1.29, 1.82) is 0 Å². The first-order valence-corrected chi connectivity index (χ1v) is 18.8. The van der Waals surface area contributed by atoms with Crippen molar-refractivity contribution in [1.82, 2.24) is 0 Å². The monoisotopic (exact) mass is 701 g/mol. The van der Waals surface area contributed by atoms with Gasteiger partial charge in [0.25, 0.3) is 0 Å². The van der Waals surface area contributed by atoms with E-state index in [2.05, 4.69) is 241 Å². The number of rotatable bonds is 9. The Morgan fingerprint density at radius 3 is 1.11 bits per heavy atom. The molecule has 0 radical (unpaired) electrons. The fourth-order valence-corrected chi connectivity index (χ4v) is 7.59. The van der Waals surface area contributed by atoms with Gasteiger partial charge in [-0.1, -0.05) is 200 Å². The van der Waals surface area contributed by atoms with E-state index in [1.165, 1.54) is 61.2 Å². The maximum atomic E-state index is 2.38. The lowest BCUT2D eigenvalue weighted by atomic mass is 9.87. The lowest BCUT2D eigenvalue weighted by Gasteiger charge is -2.28. The summed E-state index contributed by atoms with van der Waals surface area (Å²) < 4.78 is 0. The number of anilines is 3. The van der Waals surface area contributed by atoms with Crippen molar-refractivity contribution in [2.75, 3.05) is 4.90 Å². The Labute approximate surface area is 324 Å². The average Bonchev–Trinajstić information content (AvgIpc) is 3.28. The van der Waals surface area contributed by atoms with Crippen LogP contribution < -0.4 is 4.90 Å². The molecule has 1 heteroatoms. The molecular weight excluding hydrogens is 663 g/mol. The molecule has 0 spiro atoms. The maximum absolute atomic E-state index is 2.38. The largest absolute Gasteiger partial charge is 0.310 e. The SMILES string of the molecule is c1ccc(-c2ccc(-c3ccc(N(c4ccccc4)c4ccccc4-c4ccccc4-c4ccc(-c5ccccc5)cc4-c4ccccc4)cc3)cc2)cc1. The quantitative estimate of drug-likeness (QED) is 0.145. The Morgan fingerprint density at radius 2 is 0.545 bits per heavy atom. The zero-order chi connectivity index (χ0) is 36.8. The Morgan fingerprint density at radius 1 is 0.200 bits per heavy atom. The summed E-state index contributed by atoms with van der Waals surface area (Å²) in [4.78, 5) is 2.38. The third-order valence-corrected chi connectivity index (χ3v) is 10.3. The number of para-hydroxylation sites is 2. The molecule has 0 saturated carbocycles. The van der Waals surface area contributed by atoms with Crippen LogP contribution in [-0.4, -0.2) is 0 Å². The number of nitrogens with zero attached hydrogens (tertiary/aromatic N) is 1. The highest BCUT2D eigenvalue weighted by molar-refractivity contribution is 5.98. The van der Waals surface area contributed by atoms with Crippen LogP contribution in [0.15, 0.2) is 237 Å². The first-order valence-electron chi connectivity index (χ1n) is 18.8. The van der Waals surface area contributed by atoms with Crippen molar-refractivity contribution in [2.24, 2.45) is 0 Å². The Balaban J connectivity index is 1.14. The summed E-state index contributed by atoms with van der Waals surface area (Å²) in [7, 11) is 0. The molecule has 1 nitrogen and oxygen atoms in total. The van der Waals surface area contributed by atoms with Crippen molar-refractivity contribution >= 4 is 17.1 Å². The number of benzene rings is 9. The zero-order valence-corrected chi connectivity index (χ0v) is 30.5. The first kappa shape index (κ1) is 33.6. The molecule has 0 N–H and O–H groups in total. The van der Waals surface area contributed by atoms with Crippen molar-refractivity contribution in [3.8, 4) is 66.8 Å². The molecule has 0 saturated heterocycles. The van der Waals surface area contributed by atoms with E-state index in [9.17, 15) is 0 Å². The summed E-state index contributed by atoms with van der Waals surface area (Å²) in [6.07, 6.45) is 0. The van der Waals surface area contributed by atoms with E-state index in [0.717, 1.165) is 22.6 Å². The van der Waals surface area contributed by atoms with E-state index in [1.807, 2.05) is 0 Å². The third kappa shape index (κ3) is 7.00. The van der Waals surface area contributed by atoms with E-state index >= 15 is 0 Å². The Bertz CT molecular complexity index is 2650. The second kappa shape index (κ2) is 15.4. The Hall–Kier alpha value is -7.22. The van der Waals surface area contributed by atoms with E-state index in [1.54, 1.807) is 0 Å². The summed E-state index contributed by atoms with van der Waals surface area (Å²) in [5.41, 5.74) is 17.7. The highest BCUT2D eigenvalue weighted by Gasteiger charge is 2.20. The normalized spacial score (nSPS) is 10.9. The van der Waals surface area contributed by atoms with Crippen LogP contribution in [0.25, 0.3) is 66.8 Å². The second-order valence-electron chi connectivity index (χ2n) is 13.7. The molecule has 0 aliphatic heterocycles. The van der Waals surface area contributed by atoms with Crippen molar-refractivity contribution in [3.05, 3.63) is 237 Å². The molecule has 9 aromatic rings. The minimum Gasteiger partial charge on any atom is -0.310 e. The highest BCUT2D eigenvalue weighted by atomic mass is 15.1. The van der Waals surface area contributed by atoms with Crippen molar-refractivity contribution in [2.45, 2.75) is 0 Å². The van der Waals surface area contributed by atoms with Crippen LogP contribution in [0.4, 0.5) is 17.1 Å². The fraction of sp³-hybridized carbons (Fsp3) is 0. The number of hydrogen-bond donors (Lipinski definition) is 0. The van der Waals surface area contributed by atoms with Gasteiger partial charge in [0.05, 0.1) is 5.69 Å². The smallest absolute Gasteiger partial charge is 0.0540 e. The van der Waals surface area contributed by atoms with Gasteiger partial charge in [-0.25, -0.2) is 0 Å². The van der Waals surface area contributed by atoms with Crippen LogP contribution >= 0.6 is 0 Å². The van der Waals surface area contributed by atoms with Crippen LogP contribution in [-0.2, 0) is 0 Å². The summed E-state index contributed by atoms with van der Waals surface area (Å²) in [5, 5.41) is 0. The molecular formula is C54H39N. The standard InChI is InChI=1S/C54H39N/c1-5-17-40(18-6-1)42-29-31-43(32-30-42)44-33-36-48(37-34-44)55(47-23-11-4-12-24-47)54-28-16-15-27-52(54)50-26-14-13-25-49(50)51-38-35-46(41-19-7-2-8-20-41)39-53(51)45-21-9-3-10-22-45/h1-39H. The summed E-state index contributed by atoms with van der Waals surface area (Å²) in [5.74, 6) is 0. The topological polar surface area (TPSA) is 3.24 Å². The summed E-state index contributed by atoms with van der Waals surface area (Å²) in [6, 6.07) is 84.9. The minimum absolute atomic E-state index is 1.10. The van der Waals surface area contributed by atoms with Gasteiger partial charge in [-0.3, -0.25) is 0 Å². The molecule has 0 bridgehead atoms. The van der Waals surface area contributed by atoms with Gasteiger partial charge in [0, 0.05) is 16.9 Å². The molecule has 0 fully saturated rings. The van der Waals surface area contributed by atoms with Crippen LogP contribution in [0, 0.1) is 0 Å². The zero-order valence-electron chi connectivity index (χ0n) is 30.5. The van der Waals surface area contributed by atoms with E-state index in [4.69, 9.17) is 0 Å². The van der Waals surface area contributed by atoms with Gasteiger partial charge in [-0.05, 0) is 97.6 Å². The molecule has 0 heterocycles. The van der Waals surface area contributed by atoms with Gasteiger partial charge in [-0.15, -0.1) is 0 Å². The van der Waals surface area contributed by atoms with Crippen LogP contribution in [0.5, 0.6) is 0 Å². The second-order valence-corrected chi connectivity index (χ2v) is 13.7. The Kier molecular flexibility index (Phi) is 9.41. The predicted octanol–water partition coefficient (Wildman–Crippen LogP) is 15.2. The van der Waals surface area contributed by atoms with Gasteiger partial charge in [0.2, 0.25) is 0 Å². The van der Waals surface area contributed by atoms with Crippen LogP contribution in [0.3, 0.4) is 0 Å². The molecule has 0 aliphatic carbocycles. The molecule has 0 aromatic heterocycles. The van der Waals surface area contributed by atoms with Crippen molar-refractivity contribution in [3.63, 3.8) is 0 Å². The molecule has 260 valence electrons. The van der Waals surface area contributed by atoms with E-state index < -0.39 is 0 Å². The summed E-state index contributed by atoms with van der Waals surface area (Å²) >= 11 is 0. The van der Waals surface area contributed by atoms with Crippen LogP contribution in [0.2, 0.25) is 0 Å². The predicted molar refractivity (Wildman–Crippen MR) is 234 cm³/mol. The van der Waals surface area contributed by atoms with Gasteiger partial charge in [-0.2, -0.15) is 0 Å². The highest BCUT2D eigenvalue weighted by Crippen LogP contribution is 2.46. The van der Waals surface area contributed by atoms with Gasteiger partial charge >= 0.3 is 0 Å².